The van der Waals surface area contributed by atoms with Gasteiger partial charge in [-0.25, -0.2) is 9.98 Å². The molecular formula is C32H38ClN7O4. The summed E-state index contributed by atoms with van der Waals surface area (Å²) in [7, 11) is 0. The fourth-order valence-corrected chi connectivity index (χ4v) is 6.13. The van der Waals surface area contributed by atoms with Crippen molar-refractivity contribution in [2.45, 2.75) is 64.1 Å². The number of pyridine rings is 1. The van der Waals surface area contributed by atoms with Crippen LogP contribution in [0.4, 0.5) is 5.95 Å². The monoisotopic (exact) mass is 619 g/mol. The largest absolute Gasteiger partial charge is 0.481 e. The van der Waals surface area contributed by atoms with Crippen molar-refractivity contribution in [2.24, 2.45) is 4.99 Å². The van der Waals surface area contributed by atoms with Crippen LogP contribution in [0.1, 0.15) is 51.0 Å². The predicted octanol–water partition coefficient (Wildman–Crippen LogP) is 4.14. The number of anilines is 1. The molecule has 12 heteroatoms. The van der Waals surface area contributed by atoms with Crippen molar-refractivity contribution in [2.75, 3.05) is 38.2 Å². The van der Waals surface area contributed by atoms with E-state index in [0.717, 1.165) is 56.3 Å². The van der Waals surface area contributed by atoms with Crippen molar-refractivity contribution in [1.29, 1.82) is 0 Å². The third kappa shape index (κ3) is 7.11. The number of rotatable bonds is 7. The molecular weight excluding hydrogens is 582 g/mol. The molecule has 0 saturated carbocycles. The molecule has 2 saturated heterocycles. The minimum absolute atomic E-state index is 0.0167. The number of benzene rings is 1. The first kappa shape index (κ1) is 30.2. The lowest BCUT2D eigenvalue weighted by Crippen LogP contribution is -2.47. The van der Waals surface area contributed by atoms with Crippen LogP contribution in [0, 0.1) is 0 Å². The highest BCUT2D eigenvalue weighted by Gasteiger charge is 2.21. The second-order valence-corrected chi connectivity index (χ2v) is 11.9. The molecule has 1 atom stereocenters. The van der Waals surface area contributed by atoms with Crippen LogP contribution in [0.5, 0.6) is 0 Å². The molecule has 0 radical (unpaired) electrons. The quantitative estimate of drug-likeness (QED) is 0.360. The summed E-state index contributed by atoms with van der Waals surface area (Å²) < 4.78 is 12.5. The van der Waals surface area contributed by atoms with Gasteiger partial charge in [0.1, 0.15) is 12.2 Å². The predicted molar refractivity (Wildman–Crippen MR) is 172 cm³/mol. The maximum atomic E-state index is 14.1. The highest BCUT2D eigenvalue weighted by molar-refractivity contribution is 6.33. The molecule has 3 aliphatic heterocycles. The van der Waals surface area contributed by atoms with Gasteiger partial charge in [0.15, 0.2) is 5.90 Å². The number of aromatic nitrogens is 3. The van der Waals surface area contributed by atoms with Gasteiger partial charge in [0.05, 0.1) is 12.3 Å². The Morgan fingerprint density at radius 2 is 1.98 bits per heavy atom. The van der Waals surface area contributed by atoms with E-state index in [1.54, 1.807) is 12.3 Å². The SMILES string of the molecule is CC1=NC(c2ccc(-c3cc4cnc(NC5CCOCC5)nc4n(CC(=O)NC4CCCNC4)c3=O)c(Cl)c2)=CCCCO1. The first-order chi connectivity index (χ1) is 21.4. The third-order valence-corrected chi connectivity index (χ3v) is 8.49. The number of aliphatic imine (C=N–C) groups is 1. The van der Waals surface area contributed by atoms with Gasteiger partial charge >= 0.3 is 0 Å². The molecule has 0 bridgehead atoms. The van der Waals surface area contributed by atoms with Crippen molar-refractivity contribution in [3.63, 3.8) is 0 Å². The summed E-state index contributed by atoms with van der Waals surface area (Å²) in [4.78, 5) is 41.3. The number of nitrogens with zero attached hydrogens (tertiary/aromatic N) is 4. The second-order valence-electron chi connectivity index (χ2n) is 11.5. The minimum atomic E-state index is -0.354. The number of fused-ring (bicyclic) bond motifs is 1. The normalized spacial score (nSPS) is 19.7. The summed E-state index contributed by atoms with van der Waals surface area (Å²) in [6, 6.07) is 7.48. The Morgan fingerprint density at radius 3 is 2.77 bits per heavy atom. The summed E-state index contributed by atoms with van der Waals surface area (Å²) in [6.45, 7) is 5.29. The van der Waals surface area contributed by atoms with E-state index in [0.29, 0.717) is 65.4 Å². The summed E-state index contributed by atoms with van der Waals surface area (Å²) in [6.07, 6.45) is 9.06. The zero-order valence-electron chi connectivity index (χ0n) is 24.9. The third-order valence-electron chi connectivity index (χ3n) is 8.18. The van der Waals surface area contributed by atoms with Crippen molar-refractivity contribution in [1.82, 2.24) is 25.2 Å². The van der Waals surface area contributed by atoms with E-state index >= 15 is 0 Å². The molecule has 2 fully saturated rings. The summed E-state index contributed by atoms with van der Waals surface area (Å²) in [5.41, 5.74) is 2.56. The number of hydrogen-bond donors (Lipinski definition) is 3. The molecule has 44 heavy (non-hydrogen) atoms. The summed E-state index contributed by atoms with van der Waals surface area (Å²) in [5.74, 6) is 0.767. The van der Waals surface area contributed by atoms with Crippen LogP contribution in [0.3, 0.4) is 0 Å². The van der Waals surface area contributed by atoms with Crippen LogP contribution in [-0.2, 0) is 20.8 Å². The van der Waals surface area contributed by atoms with E-state index in [1.807, 2.05) is 25.1 Å². The van der Waals surface area contributed by atoms with E-state index in [4.69, 9.17) is 26.1 Å². The van der Waals surface area contributed by atoms with Crippen LogP contribution in [-0.4, -0.2) is 71.3 Å². The lowest BCUT2D eigenvalue weighted by Gasteiger charge is -2.24. The van der Waals surface area contributed by atoms with Gasteiger partial charge in [-0.1, -0.05) is 29.8 Å². The topological polar surface area (TPSA) is 132 Å². The molecule has 3 aliphatic rings. The molecule has 1 aromatic carbocycles. The van der Waals surface area contributed by atoms with Crippen molar-refractivity contribution < 1.29 is 14.3 Å². The molecule has 5 heterocycles. The maximum absolute atomic E-state index is 14.1. The zero-order valence-corrected chi connectivity index (χ0v) is 25.7. The second kappa shape index (κ2) is 13.9. The number of carbonyl (C=O) groups is 1. The average Bonchev–Trinajstić information content (AvgIpc) is 3.01. The number of piperidine rings is 1. The number of hydrogen-bond acceptors (Lipinski definition) is 9. The minimum Gasteiger partial charge on any atom is -0.481 e. The van der Waals surface area contributed by atoms with Gasteiger partial charge in [-0.2, -0.15) is 4.98 Å². The molecule has 3 aromatic rings. The average molecular weight is 620 g/mol. The number of amides is 1. The van der Waals surface area contributed by atoms with Crippen molar-refractivity contribution >= 4 is 46.1 Å². The van der Waals surface area contributed by atoms with E-state index in [-0.39, 0.29) is 30.1 Å². The van der Waals surface area contributed by atoms with Crippen LogP contribution in [0.25, 0.3) is 27.9 Å². The molecule has 6 rings (SSSR count). The number of allylic oxidation sites excluding steroid dienone is 1. The van der Waals surface area contributed by atoms with Gasteiger partial charge in [-0.05, 0) is 57.2 Å². The van der Waals surface area contributed by atoms with Crippen molar-refractivity contribution in [3.8, 4) is 11.1 Å². The number of carbonyl (C=O) groups excluding carboxylic acids is 1. The van der Waals surface area contributed by atoms with Gasteiger partial charge in [-0.15, -0.1) is 0 Å². The number of ether oxygens (including phenoxy) is 2. The standard InChI is InChI=1S/C32H38ClN7O4/c1-20-36-28(6-2-3-12-44-20)21-7-8-25(27(33)16-21)26-15-22-17-35-32(38-23-9-13-43-14-10-23)39-30(22)40(31(26)42)19-29(41)37-24-5-4-11-34-18-24/h6-8,15-17,23-24,34H,2-5,9-14,18-19H2,1H3,(H,37,41)(H,35,38,39). The first-order valence-corrected chi connectivity index (χ1v) is 15.8. The molecule has 0 spiro atoms. The van der Waals surface area contributed by atoms with Gasteiger partial charge in [0.25, 0.3) is 5.56 Å². The Kier molecular flexibility index (Phi) is 9.54. The lowest BCUT2D eigenvalue weighted by atomic mass is 10.0. The van der Waals surface area contributed by atoms with Gasteiger partial charge in [0.2, 0.25) is 11.9 Å². The van der Waals surface area contributed by atoms with Crippen LogP contribution >= 0.6 is 11.6 Å². The maximum Gasteiger partial charge on any atom is 0.260 e. The molecule has 2 aromatic heterocycles. The highest BCUT2D eigenvalue weighted by Crippen LogP contribution is 2.32. The van der Waals surface area contributed by atoms with Crippen LogP contribution in [0.15, 0.2) is 46.3 Å². The van der Waals surface area contributed by atoms with E-state index in [1.165, 1.54) is 4.57 Å². The van der Waals surface area contributed by atoms with Crippen LogP contribution in [0.2, 0.25) is 5.02 Å². The molecule has 3 N–H and O–H groups in total. The molecule has 11 nitrogen and oxygen atoms in total. The number of nitrogens with one attached hydrogen (secondary N) is 3. The van der Waals surface area contributed by atoms with Gasteiger partial charge < -0.3 is 25.4 Å². The van der Waals surface area contributed by atoms with E-state index < -0.39 is 0 Å². The fraction of sp³-hybridized carbons (Fsp3) is 0.469. The Labute approximate surface area is 261 Å². The van der Waals surface area contributed by atoms with E-state index in [9.17, 15) is 9.59 Å². The summed E-state index contributed by atoms with van der Waals surface area (Å²) in [5, 5.41) is 10.8. The van der Waals surface area contributed by atoms with E-state index in [2.05, 4.69) is 32.0 Å². The molecule has 1 amide bonds. The Morgan fingerprint density at radius 1 is 1.11 bits per heavy atom. The Bertz CT molecular complexity index is 1640. The highest BCUT2D eigenvalue weighted by atomic mass is 35.5. The first-order valence-electron chi connectivity index (χ1n) is 15.4. The number of halogens is 1. The fourth-order valence-electron chi connectivity index (χ4n) is 5.85. The smallest absolute Gasteiger partial charge is 0.260 e. The molecule has 232 valence electrons. The zero-order chi connectivity index (χ0) is 30.5. The van der Waals surface area contributed by atoms with Gasteiger partial charge in [-0.3, -0.25) is 14.2 Å². The Hall–Kier alpha value is -3.80. The van der Waals surface area contributed by atoms with Gasteiger partial charge in [0, 0.05) is 72.1 Å². The Balaban J connectivity index is 1.37. The summed E-state index contributed by atoms with van der Waals surface area (Å²) >= 11 is 6.84. The lowest BCUT2D eigenvalue weighted by molar-refractivity contribution is -0.122. The van der Waals surface area contributed by atoms with Crippen LogP contribution < -0.4 is 21.5 Å². The molecule has 0 aliphatic carbocycles. The molecule has 1 unspecified atom stereocenters. The van der Waals surface area contributed by atoms with Crippen molar-refractivity contribution in [3.05, 3.63) is 57.5 Å².